The summed E-state index contributed by atoms with van der Waals surface area (Å²) in [5.41, 5.74) is 5.26. The van der Waals surface area contributed by atoms with E-state index in [0.29, 0.717) is 24.3 Å². The van der Waals surface area contributed by atoms with Crippen molar-refractivity contribution in [3.63, 3.8) is 0 Å². The lowest BCUT2D eigenvalue weighted by molar-refractivity contribution is -0.0858. The largest absolute Gasteiger partial charge is 0.444 e. The quantitative estimate of drug-likeness (QED) is 0.825. The Morgan fingerprint density at radius 1 is 1.32 bits per heavy atom. The van der Waals surface area contributed by atoms with Crippen LogP contribution in [-0.2, 0) is 9.47 Å². The number of rotatable bonds is 2. The van der Waals surface area contributed by atoms with Gasteiger partial charge in [-0.15, -0.1) is 0 Å². The van der Waals surface area contributed by atoms with Gasteiger partial charge in [-0.1, -0.05) is 0 Å². The molecule has 2 heterocycles. The number of nitrogens with zero attached hydrogens (tertiary/aromatic N) is 1. The number of carbonyl (C=O) groups excluding carboxylic acids is 1. The summed E-state index contributed by atoms with van der Waals surface area (Å²) in [5.74, 6) is 1.41. The third-order valence-corrected chi connectivity index (χ3v) is 3.94. The van der Waals surface area contributed by atoms with Gasteiger partial charge in [-0.3, -0.25) is 0 Å². The van der Waals surface area contributed by atoms with E-state index in [-0.39, 0.29) is 6.09 Å². The molecular formula is C14H26N2O3. The summed E-state index contributed by atoms with van der Waals surface area (Å²) in [7, 11) is 0. The highest BCUT2D eigenvalue weighted by Crippen LogP contribution is 2.35. The molecule has 0 spiro atoms. The predicted molar refractivity (Wildman–Crippen MR) is 72.8 cm³/mol. The Kier molecular flexibility index (Phi) is 4.36. The fourth-order valence-electron chi connectivity index (χ4n) is 3.16. The molecule has 2 saturated heterocycles. The summed E-state index contributed by atoms with van der Waals surface area (Å²) in [6, 6.07) is 0. The maximum absolute atomic E-state index is 12.1. The first-order valence-electron chi connectivity index (χ1n) is 7.16. The number of fused-ring (bicyclic) bond motifs is 2. The van der Waals surface area contributed by atoms with E-state index in [1.807, 2.05) is 25.7 Å². The van der Waals surface area contributed by atoms with Gasteiger partial charge in [-0.25, -0.2) is 4.79 Å². The van der Waals surface area contributed by atoms with E-state index in [0.717, 1.165) is 32.7 Å². The van der Waals surface area contributed by atoms with Crippen LogP contribution in [-0.4, -0.2) is 49.4 Å². The Bertz CT molecular complexity index is 313. The highest BCUT2D eigenvalue weighted by atomic mass is 16.6. The molecule has 0 aromatic heterocycles. The first-order chi connectivity index (χ1) is 8.90. The first-order valence-corrected chi connectivity index (χ1v) is 7.16. The van der Waals surface area contributed by atoms with Gasteiger partial charge in [0.15, 0.2) is 0 Å². The Morgan fingerprint density at radius 2 is 1.89 bits per heavy atom. The average Bonchev–Trinajstić information content (AvgIpc) is 2.26. The summed E-state index contributed by atoms with van der Waals surface area (Å²) in [6.45, 7) is 9.35. The zero-order valence-electron chi connectivity index (χ0n) is 12.2. The second kappa shape index (κ2) is 5.67. The molecule has 5 nitrogen and oxygen atoms in total. The minimum Gasteiger partial charge on any atom is -0.444 e. The van der Waals surface area contributed by atoms with Gasteiger partial charge in [0, 0.05) is 24.9 Å². The maximum atomic E-state index is 12.1. The fourth-order valence-corrected chi connectivity index (χ4v) is 3.16. The summed E-state index contributed by atoms with van der Waals surface area (Å²) < 4.78 is 11.1. The smallest absolute Gasteiger partial charge is 0.410 e. The van der Waals surface area contributed by atoms with E-state index in [4.69, 9.17) is 15.2 Å². The molecule has 2 unspecified atom stereocenters. The minimum absolute atomic E-state index is 0.199. The maximum Gasteiger partial charge on any atom is 0.410 e. The van der Waals surface area contributed by atoms with Crippen LogP contribution in [0.15, 0.2) is 0 Å². The van der Waals surface area contributed by atoms with E-state index >= 15 is 0 Å². The van der Waals surface area contributed by atoms with Crippen LogP contribution in [0.5, 0.6) is 0 Å². The van der Waals surface area contributed by atoms with Crippen molar-refractivity contribution in [1.82, 2.24) is 4.90 Å². The molecule has 2 aliphatic heterocycles. The van der Waals surface area contributed by atoms with E-state index in [1.165, 1.54) is 0 Å². The molecule has 19 heavy (non-hydrogen) atoms. The van der Waals surface area contributed by atoms with E-state index in [9.17, 15) is 4.79 Å². The van der Waals surface area contributed by atoms with Gasteiger partial charge in [0.05, 0.1) is 13.2 Å². The number of carbonyl (C=O) groups is 1. The molecule has 110 valence electrons. The van der Waals surface area contributed by atoms with Gasteiger partial charge >= 0.3 is 6.09 Å². The molecule has 2 rings (SSSR count). The molecule has 0 aliphatic carbocycles. The van der Waals surface area contributed by atoms with E-state index in [2.05, 4.69) is 0 Å². The molecule has 0 aromatic rings. The molecule has 2 aliphatic rings. The SMILES string of the molecule is CC(C)(C)OC(=O)N1CC2COCC(C1)C2CCN. The van der Waals surface area contributed by atoms with Gasteiger partial charge in [-0.05, 0) is 39.7 Å². The summed E-state index contributed by atoms with van der Waals surface area (Å²) >= 11 is 0. The van der Waals surface area contributed by atoms with Crippen LogP contribution in [0.3, 0.4) is 0 Å². The van der Waals surface area contributed by atoms with Crippen molar-refractivity contribution in [2.75, 3.05) is 32.8 Å². The van der Waals surface area contributed by atoms with Gasteiger partial charge in [-0.2, -0.15) is 0 Å². The number of hydrogen-bond acceptors (Lipinski definition) is 4. The Morgan fingerprint density at radius 3 is 2.37 bits per heavy atom. The number of ether oxygens (including phenoxy) is 2. The van der Waals surface area contributed by atoms with Crippen molar-refractivity contribution >= 4 is 6.09 Å². The summed E-state index contributed by atoms with van der Waals surface area (Å²) in [4.78, 5) is 14.0. The second-order valence-corrected chi connectivity index (χ2v) is 6.68. The Balaban J connectivity index is 1.98. The third-order valence-electron chi connectivity index (χ3n) is 3.94. The molecular weight excluding hydrogens is 244 g/mol. The van der Waals surface area contributed by atoms with E-state index in [1.54, 1.807) is 0 Å². The van der Waals surface area contributed by atoms with Crippen LogP contribution >= 0.6 is 0 Å². The normalized spacial score (nSPS) is 31.2. The zero-order valence-corrected chi connectivity index (χ0v) is 12.2. The minimum atomic E-state index is -0.434. The summed E-state index contributed by atoms with van der Waals surface area (Å²) in [6.07, 6.45) is 0.830. The number of nitrogens with two attached hydrogens (primary N) is 1. The molecule has 2 bridgehead atoms. The van der Waals surface area contributed by atoms with Crippen LogP contribution in [0.4, 0.5) is 4.79 Å². The van der Waals surface area contributed by atoms with Gasteiger partial charge in [0.25, 0.3) is 0 Å². The molecule has 1 amide bonds. The number of amides is 1. The van der Waals surface area contributed by atoms with Crippen LogP contribution in [0.25, 0.3) is 0 Å². The van der Waals surface area contributed by atoms with Crippen molar-refractivity contribution < 1.29 is 14.3 Å². The fraction of sp³-hybridized carbons (Fsp3) is 0.929. The molecule has 0 aromatic carbocycles. The lowest BCUT2D eigenvalue weighted by Gasteiger charge is -2.47. The monoisotopic (exact) mass is 270 g/mol. The number of piperidine rings is 1. The topological polar surface area (TPSA) is 64.8 Å². The van der Waals surface area contributed by atoms with Crippen LogP contribution in [0, 0.1) is 17.8 Å². The lowest BCUT2D eigenvalue weighted by Crippen LogP contribution is -2.55. The number of likely N-dealkylation sites (tertiary alicyclic amines) is 1. The van der Waals surface area contributed by atoms with Gasteiger partial charge in [0.1, 0.15) is 5.60 Å². The van der Waals surface area contributed by atoms with Crippen molar-refractivity contribution in [2.24, 2.45) is 23.5 Å². The van der Waals surface area contributed by atoms with Crippen molar-refractivity contribution in [3.05, 3.63) is 0 Å². The lowest BCUT2D eigenvalue weighted by atomic mass is 9.75. The van der Waals surface area contributed by atoms with Crippen molar-refractivity contribution in [2.45, 2.75) is 32.8 Å². The van der Waals surface area contributed by atoms with Crippen molar-refractivity contribution in [1.29, 1.82) is 0 Å². The highest BCUT2D eigenvalue weighted by Gasteiger charge is 2.41. The average molecular weight is 270 g/mol. The van der Waals surface area contributed by atoms with Crippen molar-refractivity contribution in [3.8, 4) is 0 Å². The predicted octanol–water partition coefficient (Wildman–Crippen LogP) is 1.46. The van der Waals surface area contributed by atoms with Crippen LogP contribution in [0.1, 0.15) is 27.2 Å². The third kappa shape index (κ3) is 3.60. The standard InChI is InChI=1S/C14H26N2O3/c1-14(2,3)19-13(17)16-6-10-8-18-9-11(7-16)12(10)4-5-15/h10-12H,4-9,15H2,1-3H3. The number of hydrogen-bond donors (Lipinski definition) is 1. The zero-order chi connectivity index (χ0) is 14.0. The van der Waals surface area contributed by atoms with Gasteiger partial charge < -0.3 is 20.1 Å². The molecule has 2 N–H and O–H groups in total. The molecule has 5 heteroatoms. The molecule has 0 saturated carbocycles. The van der Waals surface area contributed by atoms with Gasteiger partial charge in [0.2, 0.25) is 0 Å². The first kappa shape index (κ1) is 14.6. The Labute approximate surface area is 115 Å². The van der Waals surface area contributed by atoms with Crippen LogP contribution in [0.2, 0.25) is 0 Å². The molecule has 2 fully saturated rings. The Hall–Kier alpha value is -0.810. The highest BCUT2D eigenvalue weighted by molar-refractivity contribution is 5.68. The van der Waals surface area contributed by atoms with Crippen LogP contribution < -0.4 is 5.73 Å². The second-order valence-electron chi connectivity index (χ2n) is 6.68. The van der Waals surface area contributed by atoms with E-state index < -0.39 is 5.60 Å². The molecule has 2 atom stereocenters. The summed E-state index contributed by atoms with van der Waals surface area (Å²) in [5, 5.41) is 0. The molecule has 0 radical (unpaired) electrons.